The Morgan fingerprint density at radius 1 is 0.943 bits per heavy atom. The number of nitrogens with zero attached hydrogens (tertiary/aromatic N) is 5. The molecule has 0 radical (unpaired) electrons. The topological polar surface area (TPSA) is 97.6 Å². The fraction of sp³-hybridized carbons (Fsp3) is 0.346. The van der Waals surface area contributed by atoms with Gasteiger partial charge in [0.1, 0.15) is 12.1 Å². The number of β-amino-alcohol motifs (C(OH)–C–C–N with tert-alkyl or cyclic N) is 1. The van der Waals surface area contributed by atoms with Crippen molar-refractivity contribution < 1.29 is 10.2 Å². The minimum absolute atomic E-state index is 0.0321. The molecule has 1 aliphatic rings. The van der Waals surface area contributed by atoms with Gasteiger partial charge in [-0.05, 0) is 17.7 Å². The Labute approximate surface area is 208 Å². The quantitative estimate of drug-likeness (QED) is 0.329. The van der Waals surface area contributed by atoms with Crippen LogP contribution in [0, 0.1) is 0 Å². The molecule has 3 aromatic heterocycles. The Morgan fingerprint density at radius 2 is 1.74 bits per heavy atom. The van der Waals surface area contributed by atoms with Gasteiger partial charge in [-0.3, -0.25) is 14.8 Å². The van der Waals surface area contributed by atoms with Crippen molar-refractivity contribution in [1.29, 1.82) is 0 Å². The van der Waals surface area contributed by atoms with E-state index in [-0.39, 0.29) is 19.3 Å². The van der Waals surface area contributed by atoms with Gasteiger partial charge >= 0.3 is 0 Å². The highest BCUT2D eigenvalue weighted by Crippen LogP contribution is 2.36. The minimum atomic E-state index is -0.244. The molecular formula is C26H30N6O2S. The SMILES string of the molecule is OCCN1CCN(Cc2ccc(-c3cc4ncnc(N[C@H](CO)c5ccccc5)c4s3)cn2)CC1. The molecule has 0 unspecified atom stereocenters. The van der Waals surface area contributed by atoms with Gasteiger partial charge in [0.05, 0.1) is 35.2 Å². The van der Waals surface area contributed by atoms with E-state index in [1.807, 2.05) is 36.5 Å². The average Bonchev–Trinajstić information content (AvgIpc) is 3.35. The second-order valence-electron chi connectivity index (χ2n) is 8.72. The van der Waals surface area contributed by atoms with Crippen molar-refractivity contribution in [3.63, 3.8) is 0 Å². The fourth-order valence-electron chi connectivity index (χ4n) is 4.39. The predicted octanol–water partition coefficient (Wildman–Crippen LogP) is 3.01. The Bertz CT molecular complexity index is 1230. The molecule has 0 bridgehead atoms. The smallest absolute Gasteiger partial charge is 0.148 e. The van der Waals surface area contributed by atoms with E-state index < -0.39 is 0 Å². The number of hydrogen-bond acceptors (Lipinski definition) is 9. The van der Waals surface area contributed by atoms with E-state index in [9.17, 15) is 5.11 Å². The number of piperazine rings is 1. The Balaban J connectivity index is 1.29. The second-order valence-corrected chi connectivity index (χ2v) is 9.77. The highest BCUT2D eigenvalue weighted by molar-refractivity contribution is 7.22. The molecule has 9 heteroatoms. The number of benzene rings is 1. The van der Waals surface area contributed by atoms with Gasteiger partial charge in [0.2, 0.25) is 0 Å². The molecule has 182 valence electrons. The third-order valence-electron chi connectivity index (χ3n) is 6.38. The number of hydrogen-bond donors (Lipinski definition) is 3. The third kappa shape index (κ3) is 5.66. The van der Waals surface area contributed by atoms with Crippen molar-refractivity contribution in [2.45, 2.75) is 12.6 Å². The van der Waals surface area contributed by atoms with E-state index in [1.54, 1.807) is 17.7 Å². The lowest BCUT2D eigenvalue weighted by atomic mass is 10.1. The van der Waals surface area contributed by atoms with Crippen molar-refractivity contribution in [3.8, 4) is 10.4 Å². The summed E-state index contributed by atoms with van der Waals surface area (Å²) in [6.45, 7) is 5.73. The molecule has 3 N–H and O–H groups in total. The lowest BCUT2D eigenvalue weighted by Gasteiger charge is -2.34. The average molecular weight is 491 g/mol. The number of pyridine rings is 1. The van der Waals surface area contributed by atoms with Crippen molar-refractivity contribution in [3.05, 3.63) is 72.3 Å². The Kier molecular flexibility index (Phi) is 7.60. The first-order valence-corrected chi connectivity index (χ1v) is 12.7. The maximum Gasteiger partial charge on any atom is 0.148 e. The molecule has 0 saturated carbocycles. The van der Waals surface area contributed by atoms with E-state index in [0.29, 0.717) is 0 Å². The van der Waals surface area contributed by atoms with Crippen molar-refractivity contribution in [2.75, 3.05) is 51.3 Å². The van der Waals surface area contributed by atoms with Gasteiger partial charge in [0.15, 0.2) is 0 Å². The zero-order chi connectivity index (χ0) is 24.0. The number of fused-ring (bicyclic) bond motifs is 1. The summed E-state index contributed by atoms with van der Waals surface area (Å²) in [5.74, 6) is 0.721. The first kappa shape index (κ1) is 23.8. The number of aliphatic hydroxyl groups excluding tert-OH is 2. The molecule has 0 spiro atoms. The van der Waals surface area contributed by atoms with Crippen LogP contribution in [0.5, 0.6) is 0 Å². The summed E-state index contributed by atoms with van der Waals surface area (Å²) in [7, 11) is 0. The molecular weight excluding hydrogens is 460 g/mol. The first-order valence-electron chi connectivity index (χ1n) is 11.9. The van der Waals surface area contributed by atoms with Crippen LogP contribution in [0.1, 0.15) is 17.3 Å². The lowest BCUT2D eigenvalue weighted by Crippen LogP contribution is -2.46. The molecule has 1 aromatic carbocycles. The van der Waals surface area contributed by atoms with Crippen molar-refractivity contribution in [2.24, 2.45) is 0 Å². The standard InChI is InChI=1S/C26H30N6O2S/c33-13-12-31-8-10-32(11-9-31)16-21-7-6-20(15-27-21)24-14-22-25(35-24)26(29-18-28-22)30-23(17-34)19-4-2-1-3-5-19/h1-7,14-15,18,23,33-34H,8-13,16-17H2,(H,28,29,30)/t23-/m1/s1. The summed E-state index contributed by atoms with van der Waals surface area (Å²) in [5.41, 5.74) is 3.99. The molecule has 4 aromatic rings. The number of nitrogens with one attached hydrogen (secondary N) is 1. The number of thiophene rings is 1. The summed E-state index contributed by atoms with van der Waals surface area (Å²) < 4.78 is 0.960. The molecule has 1 atom stereocenters. The second kappa shape index (κ2) is 11.2. The van der Waals surface area contributed by atoms with Crippen LogP contribution >= 0.6 is 11.3 Å². The molecule has 8 nitrogen and oxygen atoms in total. The predicted molar refractivity (Wildman–Crippen MR) is 139 cm³/mol. The van der Waals surface area contributed by atoms with Crippen LogP contribution in [-0.2, 0) is 6.54 Å². The molecule has 4 heterocycles. The summed E-state index contributed by atoms with van der Waals surface area (Å²) >= 11 is 1.63. The van der Waals surface area contributed by atoms with E-state index in [0.717, 1.165) is 77.0 Å². The molecule has 0 aliphatic carbocycles. The highest BCUT2D eigenvalue weighted by Gasteiger charge is 2.18. The molecule has 1 saturated heterocycles. The zero-order valence-electron chi connectivity index (χ0n) is 19.5. The van der Waals surface area contributed by atoms with Gasteiger partial charge in [-0.1, -0.05) is 36.4 Å². The monoisotopic (exact) mass is 490 g/mol. The van der Waals surface area contributed by atoms with Crippen molar-refractivity contribution >= 4 is 27.4 Å². The van der Waals surface area contributed by atoms with E-state index >= 15 is 0 Å². The molecule has 35 heavy (non-hydrogen) atoms. The van der Waals surface area contributed by atoms with Gasteiger partial charge in [-0.2, -0.15) is 0 Å². The minimum Gasteiger partial charge on any atom is -0.395 e. The van der Waals surface area contributed by atoms with Crippen LogP contribution in [0.3, 0.4) is 0 Å². The van der Waals surface area contributed by atoms with E-state index in [1.165, 1.54) is 0 Å². The van der Waals surface area contributed by atoms with Crippen LogP contribution in [0.15, 0.2) is 61.1 Å². The Morgan fingerprint density at radius 3 is 2.46 bits per heavy atom. The van der Waals surface area contributed by atoms with Crippen LogP contribution < -0.4 is 5.32 Å². The van der Waals surface area contributed by atoms with Crippen LogP contribution in [0.25, 0.3) is 20.7 Å². The number of rotatable bonds is 9. The number of anilines is 1. The maximum absolute atomic E-state index is 9.95. The van der Waals surface area contributed by atoms with E-state index in [2.05, 4.69) is 43.3 Å². The van der Waals surface area contributed by atoms with Crippen LogP contribution in [0.4, 0.5) is 5.82 Å². The molecule has 0 amide bonds. The molecule has 1 fully saturated rings. The summed E-state index contributed by atoms with van der Waals surface area (Å²) in [5, 5.41) is 22.5. The lowest BCUT2D eigenvalue weighted by molar-refractivity contribution is 0.107. The summed E-state index contributed by atoms with van der Waals surface area (Å²) in [6, 6.07) is 15.9. The van der Waals surface area contributed by atoms with E-state index in [4.69, 9.17) is 10.1 Å². The van der Waals surface area contributed by atoms with Crippen LogP contribution in [-0.4, -0.2) is 80.9 Å². The third-order valence-corrected chi connectivity index (χ3v) is 7.56. The largest absolute Gasteiger partial charge is 0.395 e. The summed E-state index contributed by atoms with van der Waals surface area (Å²) in [4.78, 5) is 19.4. The number of aliphatic hydroxyl groups is 2. The Hall–Kier alpha value is -2.95. The van der Waals surface area contributed by atoms with Crippen LogP contribution in [0.2, 0.25) is 0 Å². The number of aromatic nitrogens is 3. The highest BCUT2D eigenvalue weighted by atomic mass is 32.1. The first-order chi connectivity index (χ1) is 17.2. The maximum atomic E-state index is 9.95. The van der Waals surface area contributed by atoms with Gasteiger partial charge in [0, 0.05) is 55.9 Å². The molecule has 5 rings (SSSR count). The van der Waals surface area contributed by atoms with Gasteiger partial charge in [0.25, 0.3) is 0 Å². The van der Waals surface area contributed by atoms with Crippen molar-refractivity contribution in [1.82, 2.24) is 24.8 Å². The summed E-state index contributed by atoms with van der Waals surface area (Å²) in [6.07, 6.45) is 3.49. The zero-order valence-corrected chi connectivity index (χ0v) is 20.4. The fourth-order valence-corrected chi connectivity index (χ4v) is 5.44. The molecule has 1 aliphatic heterocycles. The normalized spacial score (nSPS) is 15.9. The van der Waals surface area contributed by atoms with Gasteiger partial charge < -0.3 is 15.5 Å². The van der Waals surface area contributed by atoms with Gasteiger partial charge in [-0.25, -0.2) is 9.97 Å². The van der Waals surface area contributed by atoms with Gasteiger partial charge in [-0.15, -0.1) is 11.3 Å².